The SMILES string of the molecule is CC(C)[C@H](CNC(=O)Cn1nnc2ccccc2c1=O)N1CCOCC1. The summed E-state index contributed by atoms with van der Waals surface area (Å²) in [6.07, 6.45) is 0. The van der Waals surface area contributed by atoms with Crippen LogP contribution in [-0.2, 0) is 16.1 Å². The molecule has 0 bridgehead atoms. The van der Waals surface area contributed by atoms with Crippen LogP contribution in [0, 0.1) is 5.92 Å². The first-order chi connectivity index (χ1) is 12.6. The van der Waals surface area contributed by atoms with Gasteiger partial charge in [-0.2, -0.15) is 0 Å². The van der Waals surface area contributed by atoms with Crippen LogP contribution in [0.5, 0.6) is 0 Å². The van der Waals surface area contributed by atoms with Crippen molar-refractivity contribution >= 4 is 16.8 Å². The molecule has 26 heavy (non-hydrogen) atoms. The minimum atomic E-state index is -0.306. The van der Waals surface area contributed by atoms with Gasteiger partial charge in [-0.3, -0.25) is 14.5 Å². The summed E-state index contributed by atoms with van der Waals surface area (Å²) in [4.78, 5) is 27.1. The lowest BCUT2D eigenvalue weighted by molar-refractivity contribution is -0.122. The lowest BCUT2D eigenvalue weighted by Crippen LogP contribution is -2.51. The number of amides is 1. The summed E-state index contributed by atoms with van der Waals surface area (Å²) >= 11 is 0. The molecule has 1 saturated heterocycles. The van der Waals surface area contributed by atoms with Gasteiger partial charge in [0.2, 0.25) is 5.91 Å². The molecule has 1 amide bonds. The van der Waals surface area contributed by atoms with E-state index in [0.717, 1.165) is 31.0 Å². The van der Waals surface area contributed by atoms with E-state index >= 15 is 0 Å². The van der Waals surface area contributed by atoms with Crippen LogP contribution in [0.15, 0.2) is 29.1 Å². The van der Waals surface area contributed by atoms with Crippen molar-refractivity contribution in [3.63, 3.8) is 0 Å². The van der Waals surface area contributed by atoms with E-state index in [1.807, 2.05) is 0 Å². The molecule has 1 aromatic carbocycles. The predicted molar refractivity (Wildman–Crippen MR) is 97.8 cm³/mol. The summed E-state index contributed by atoms with van der Waals surface area (Å²) in [7, 11) is 0. The zero-order valence-electron chi connectivity index (χ0n) is 15.2. The fraction of sp³-hybridized carbons (Fsp3) is 0.556. The molecule has 1 N–H and O–H groups in total. The molecule has 0 aliphatic carbocycles. The number of benzene rings is 1. The number of fused-ring (bicyclic) bond motifs is 1. The first-order valence-corrected chi connectivity index (χ1v) is 8.97. The predicted octanol–water partition coefficient (Wildman–Crippen LogP) is 0.265. The highest BCUT2D eigenvalue weighted by Gasteiger charge is 2.24. The van der Waals surface area contributed by atoms with Gasteiger partial charge in [0.05, 0.1) is 18.6 Å². The van der Waals surface area contributed by atoms with Gasteiger partial charge in [-0.15, -0.1) is 5.10 Å². The van der Waals surface area contributed by atoms with Crippen molar-refractivity contribution in [2.45, 2.75) is 26.4 Å². The van der Waals surface area contributed by atoms with Crippen molar-refractivity contribution < 1.29 is 9.53 Å². The van der Waals surface area contributed by atoms with Crippen LogP contribution in [0.1, 0.15) is 13.8 Å². The Morgan fingerprint density at radius 1 is 1.27 bits per heavy atom. The Balaban J connectivity index is 1.63. The fourth-order valence-corrected chi connectivity index (χ4v) is 3.23. The molecule has 1 aliphatic rings. The number of nitrogens with one attached hydrogen (secondary N) is 1. The smallest absolute Gasteiger partial charge is 0.278 e. The van der Waals surface area contributed by atoms with E-state index in [4.69, 9.17) is 4.74 Å². The van der Waals surface area contributed by atoms with Crippen molar-refractivity contribution in [1.29, 1.82) is 0 Å². The molecule has 0 radical (unpaired) electrons. The minimum absolute atomic E-state index is 0.134. The summed E-state index contributed by atoms with van der Waals surface area (Å²) in [6, 6.07) is 7.22. The summed E-state index contributed by atoms with van der Waals surface area (Å²) < 4.78 is 6.51. The Morgan fingerprint density at radius 2 is 2.00 bits per heavy atom. The van der Waals surface area contributed by atoms with Gasteiger partial charge in [0.1, 0.15) is 12.1 Å². The van der Waals surface area contributed by atoms with Gasteiger partial charge in [0.25, 0.3) is 5.56 Å². The number of morpholine rings is 1. The quantitative estimate of drug-likeness (QED) is 0.796. The lowest BCUT2D eigenvalue weighted by atomic mass is 10.0. The van der Waals surface area contributed by atoms with Gasteiger partial charge < -0.3 is 10.1 Å². The van der Waals surface area contributed by atoms with Crippen molar-refractivity contribution in [2.24, 2.45) is 5.92 Å². The molecule has 0 spiro atoms. The highest BCUT2D eigenvalue weighted by atomic mass is 16.5. The lowest BCUT2D eigenvalue weighted by Gasteiger charge is -2.36. The van der Waals surface area contributed by atoms with E-state index in [0.29, 0.717) is 23.4 Å². The monoisotopic (exact) mass is 359 g/mol. The molecular weight excluding hydrogens is 334 g/mol. The van der Waals surface area contributed by atoms with E-state index in [2.05, 4.69) is 34.4 Å². The Morgan fingerprint density at radius 3 is 2.73 bits per heavy atom. The van der Waals surface area contributed by atoms with Gasteiger partial charge in [0.15, 0.2) is 0 Å². The van der Waals surface area contributed by atoms with Gasteiger partial charge in [0, 0.05) is 25.7 Å². The van der Waals surface area contributed by atoms with E-state index in [1.54, 1.807) is 24.3 Å². The van der Waals surface area contributed by atoms with E-state index in [9.17, 15) is 9.59 Å². The maximum absolute atomic E-state index is 12.4. The zero-order chi connectivity index (χ0) is 18.5. The average molecular weight is 359 g/mol. The van der Waals surface area contributed by atoms with Crippen LogP contribution in [0.3, 0.4) is 0 Å². The minimum Gasteiger partial charge on any atom is -0.379 e. The fourth-order valence-electron chi connectivity index (χ4n) is 3.23. The van der Waals surface area contributed by atoms with Crippen LogP contribution in [0.4, 0.5) is 0 Å². The first-order valence-electron chi connectivity index (χ1n) is 8.97. The van der Waals surface area contributed by atoms with Crippen LogP contribution >= 0.6 is 0 Å². The highest BCUT2D eigenvalue weighted by molar-refractivity contribution is 5.78. The second-order valence-corrected chi connectivity index (χ2v) is 6.83. The Kier molecular flexibility index (Phi) is 5.95. The molecule has 0 unspecified atom stereocenters. The van der Waals surface area contributed by atoms with E-state index in [-0.39, 0.29) is 24.1 Å². The van der Waals surface area contributed by atoms with E-state index < -0.39 is 0 Å². The standard InChI is InChI=1S/C18H25N5O3/c1-13(2)16(22-7-9-26-10-8-22)11-19-17(24)12-23-18(25)14-5-3-4-6-15(14)20-21-23/h3-6,13,16H,7-12H2,1-2H3,(H,19,24)/t16-/m0/s1. The summed E-state index contributed by atoms with van der Waals surface area (Å²) in [5.41, 5.74) is 0.223. The molecular formula is C18H25N5O3. The number of hydrogen-bond acceptors (Lipinski definition) is 6. The van der Waals surface area contributed by atoms with Crippen molar-refractivity contribution in [1.82, 2.24) is 25.2 Å². The summed E-state index contributed by atoms with van der Waals surface area (Å²) in [5, 5.41) is 11.3. The topological polar surface area (TPSA) is 89.3 Å². The largest absolute Gasteiger partial charge is 0.379 e. The number of rotatable bonds is 6. The van der Waals surface area contributed by atoms with Crippen LogP contribution in [0.25, 0.3) is 10.9 Å². The number of carbonyl (C=O) groups is 1. The van der Waals surface area contributed by atoms with Gasteiger partial charge in [-0.1, -0.05) is 31.2 Å². The van der Waals surface area contributed by atoms with Crippen LogP contribution in [0.2, 0.25) is 0 Å². The molecule has 1 aromatic heterocycles. The maximum atomic E-state index is 12.4. The number of hydrogen-bond donors (Lipinski definition) is 1. The van der Waals surface area contributed by atoms with Crippen LogP contribution in [-0.4, -0.2) is 64.7 Å². The Labute approximate surface area is 152 Å². The van der Waals surface area contributed by atoms with Crippen LogP contribution < -0.4 is 10.9 Å². The van der Waals surface area contributed by atoms with E-state index in [1.165, 1.54) is 0 Å². The van der Waals surface area contributed by atoms with Gasteiger partial charge in [-0.25, -0.2) is 4.68 Å². The third-order valence-corrected chi connectivity index (χ3v) is 4.72. The molecule has 8 nitrogen and oxygen atoms in total. The maximum Gasteiger partial charge on any atom is 0.278 e. The van der Waals surface area contributed by atoms with Gasteiger partial charge in [-0.05, 0) is 18.1 Å². The molecule has 3 rings (SSSR count). The molecule has 8 heteroatoms. The second kappa shape index (κ2) is 8.37. The number of nitrogens with zero attached hydrogens (tertiary/aromatic N) is 4. The zero-order valence-corrected chi connectivity index (χ0v) is 15.2. The normalized spacial score (nSPS) is 16.7. The number of aromatic nitrogens is 3. The molecule has 2 heterocycles. The third-order valence-electron chi connectivity index (χ3n) is 4.72. The molecule has 1 fully saturated rings. The molecule has 1 atom stereocenters. The first kappa shape index (κ1) is 18.5. The summed E-state index contributed by atoms with van der Waals surface area (Å²) in [6.45, 7) is 7.87. The Hall–Kier alpha value is -2.32. The Bertz CT molecular complexity index is 814. The van der Waals surface area contributed by atoms with Crippen molar-refractivity contribution in [3.05, 3.63) is 34.6 Å². The highest BCUT2D eigenvalue weighted by Crippen LogP contribution is 2.12. The number of carbonyl (C=O) groups excluding carboxylic acids is 1. The molecule has 1 aliphatic heterocycles. The third kappa shape index (κ3) is 4.25. The second-order valence-electron chi connectivity index (χ2n) is 6.83. The van der Waals surface area contributed by atoms with Crippen molar-refractivity contribution in [2.75, 3.05) is 32.8 Å². The average Bonchev–Trinajstić information content (AvgIpc) is 2.65. The molecule has 140 valence electrons. The molecule has 2 aromatic rings. The van der Waals surface area contributed by atoms with Gasteiger partial charge >= 0.3 is 0 Å². The molecule has 0 saturated carbocycles. The van der Waals surface area contributed by atoms with Crippen molar-refractivity contribution in [3.8, 4) is 0 Å². The number of ether oxygens (including phenoxy) is 1. The summed E-state index contributed by atoms with van der Waals surface area (Å²) in [5.74, 6) is 0.159.